The fourth-order valence-electron chi connectivity index (χ4n) is 2.22. The van der Waals surface area contributed by atoms with E-state index in [2.05, 4.69) is 10.3 Å². The van der Waals surface area contributed by atoms with Crippen molar-refractivity contribution in [3.05, 3.63) is 23.1 Å². The van der Waals surface area contributed by atoms with Crippen molar-refractivity contribution in [3.8, 4) is 0 Å². The van der Waals surface area contributed by atoms with Gasteiger partial charge in [-0.05, 0) is 49.9 Å². The first-order valence-corrected chi connectivity index (χ1v) is 6.31. The maximum absolute atomic E-state index is 13.7. The van der Waals surface area contributed by atoms with Crippen LogP contribution in [0, 0.1) is 12.7 Å². The molecule has 1 aliphatic heterocycles. The molecule has 0 bridgehead atoms. The number of nitrogen functional groups attached to an aromatic ring is 1. The molecule has 0 atom stereocenters. The molecule has 17 heavy (non-hydrogen) atoms. The summed E-state index contributed by atoms with van der Waals surface area (Å²) in [6.07, 6.45) is 3.18. The second-order valence-corrected chi connectivity index (χ2v) is 4.05. The zero-order valence-electron chi connectivity index (χ0n) is 10.9. The quantitative estimate of drug-likeness (QED) is 0.792. The molecule has 0 radical (unpaired) electrons. The highest BCUT2D eigenvalue weighted by Crippen LogP contribution is 2.31. The third-order valence-corrected chi connectivity index (χ3v) is 3.11. The highest BCUT2D eigenvalue weighted by molar-refractivity contribution is 5.45. The summed E-state index contributed by atoms with van der Waals surface area (Å²) in [6, 6.07) is 0. The van der Waals surface area contributed by atoms with Crippen molar-refractivity contribution in [1.29, 1.82) is 0 Å². The lowest BCUT2D eigenvalue weighted by Crippen LogP contribution is -2.27. The van der Waals surface area contributed by atoms with E-state index in [1.165, 1.54) is 6.20 Å². The molecule has 0 unspecified atom stereocenters. The molecule has 4 heteroatoms. The van der Waals surface area contributed by atoms with Gasteiger partial charge in [0.05, 0.1) is 6.20 Å². The summed E-state index contributed by atoms with van der Waals surface area (Å²) < 4.78 is 13.7. The number of pyridine rings is 1. The van der Waals surface area contributed by atoms with Crippen molar-refractivity contribution < 1.29 is 4.39 Å². The van der Waals surface area contributed by atoms with Gasteiger partial charge in [0.25, 0.3) is 0 Å². The van der Waals surface area contributed by atoms with Crippen LogP contribution in [-0.2, 0) is 0 Å². The minimum Gasteiger partial charge on any atom is -0.383 e. The van der Waals surface area contributed by atoms with Crippen LogP contribution >= 0.6 is 0 Å². The molecule has 1 aliphatic rings. The van der Waals surface area contributed by atoms with E-state index in [0.29, 0.717) is 5.82 Å². The van der Waals surface area contributed by atoms with Crippen molar-refractivity contribution in [2.24, 2.45) is 0 Å². The molecule has 96 valence electrons. The lowest BCUT2D eigenvalue weighted by atomic mass is 9.88. The Morgan fingerprint density at radius 1 is 1.35 bits per heavy atom. The molecule has 2 rings (SSSR count). The van der Waals surface area contributed by atoms with Crippen LogP contribution < -0.4 is 11.1 Å². The van der Waals surface area contributed by atoms with Crippen LogP contribution in [0.4, 0.5) is 10.2 Å². The average Bonchev–Trinajstić information content (AvgIpc) is 2.38. The molecule has 1 saturated heterocycles. The lowest BCUT2D eigenvalue weighted by Gasteiger charge is -2.25. The molecule has 3 N–H and O–H groups in total. The fourth-order valence-corrected chi connectivity index (χ4v) is 2.22. The molecule has 2 heterocycles. The van der Waals surface area contributed by atoms with E-state index >= 15 is 0 Å². The number of rotatable bonds is 1. The van der Waals surface area contributed by atoms with E-state index in [1.54, 1.807) is 0 Å². The van der Waals surface area contributed by atoms with E-state index in [1.807, 2.05) is 20.8 Å². The number of piperidine rings is 1. The Balaban J connectivity index is 0.000000686. The third-order valence-electron chi connectivity index (χ3n) is 3.11. The van der Waals surface area contributed by atoms with Gasteiger partial charge in [-0.25, -0.2) is 9.37 Å². The summed E-state index contributed by atoms with van der Waals surface area (Å²) in [4.78, 5) is 3.82. The number of anilines is 1. The minimum atomic E-state index is -0.214. The van der Waals surface area contributed by atoms with Crippen molar-refractivity contribution in [2.45, 2.75) is 39.5 Å². The summed E-state index contributed by atoms with van der Waals surface area (Å²) in [5, 5.41) is 3.27. The number of aromatic nitrogens is 1. The van der Waals surface area contributed by atoms with Gasteiger partial charge in [0.2, 0.25) is 0 Å². The van der Waals surface area contributed by atoms with Crippen LogP contribution in [0.2, 0.25) is 0 Å². The Morgan fingerprint density at radius 3 is 2.53 bits per heavy atom. The van der Waals surface area contributed by atoms with Gasteiger partial charge in [0.1, 0.15) is 11.6 Å². The standard InChI is InChI=1S/C11H16FN3.C2H6/c1-7-10(8-2-4-14-5-3-8)9(12)6-15-11(7)13;1-2/h6,8,14H,2-5H2,1H3,(H2,13,15);1-2H3. The minimum absolute atomic E-state index is 0.214. The highest BCUT2D eigenvalue weighted by atomic mass is 19.1. The van der Waals surface area contributed by atoms with Gasteiger partial charge < -0.3 is 11.1 Å². The number of halogens is 1. The Kier molecular flexibility index (Phi) is 5.35. The van der Waals surface area contributed by atoms with Crippen molar-refractivity contribution in [2.75, 3.05) is 18.8 Å². The molecular formula is C13H22FN3. The summed E-state index contributed by atoms with van der Waals surface area (Å²) in [7, 11) is 0. The van der Waals surface area contributed by atoms with Gasteiger partial charge in [-0.15, -0.1) is 0 Å². The first kappa shape index (κ1) is 13.9. The summed E-state index contributed by atoms with van der Waals surface area (Å²) in [5.41, 5.74) is 7.28. The molecule has 0 saturated carbocycles. The molecule has 0 spiro atoms. The van der Waals surface area contributed by atoms with Crippen LogP contribution in [0.25, 0.3) is 0 Å². The lowest BCUT2D eigenvalue weighted by molar-refractivity contribution is 0.442. The van der Waals surface area contributed by atoms with Crippen molar-refractivity contribution >= 4 is 5.82 Å². The van der Waals surface area contributed by atoms with Crippen LogP contribution in [0.5, 0.6) is 0 Å². The zero-order valence-corrected chi connectivity index (χ0v) is 10.9. The predicted molar refractivity (Wildman–Crippen MR) is 69.5 cm³/mol. The largest absolute Gasteiger partial charge is 0.383 e. The van der Waals surface area contributed by atoms with Crippen LogP contribution in [-0.4, -0.2) is 18.1 Å². The predicted octanol–water partition coefficient (Wildman–Crippen LogP) is 2.60. The SMILES string of the molecule is CC.Cc1c(N)ncc(F)c1C1CCNCC1. The third kappa shape index (κ3) is 3.16. The van der Waals surface area contributed by atoms with Gasteiger partial charge in [0.15, 0.2) is 0 Å². The Hall–Kier alpha value is -1.16. The Labute approximate surface area is 103 Å². The van der Waals surface area contributed by atoms with Crippen molar-refractivity contribution in [1.82, 2.24) is 10.3 Å². The van der Waals surface area contributed by atoms with Crippen molar-refractivity contribution in [3.63, 3.8) is 0 Å². The van der Waals surface area contributed by atoms with Crippen LogP contribution in [0.15, 0.2) is 6.20 Å². The number of nitrogens with zero attached hydrogens (tertiary/aromatic N) is 1. The first-order valence-electron chi connectivity index (χ1n) is 6.31. The Morgan fingerprint density at radius 2 is 1.94 bits per heavy atom. The second-order valence-electron chi connectivity index (χ2n) is 4.05. The van der Waals surface area contributed by atoms with Crippen LogP contribution in [0.3, 0.4) is 0 Å². The van der Waals surface area contributed by atoms with E-state index in [0.717, 1.165) is 37.1 Å². The topological polar surface area (TPSA) is 50.9 Å². The molecule has 1 aromatic rings. The summed E-state index contributed by atoms with van der Waals surface area (Å²) in [6.45, 7) is 7.75. The molecule has 1 aromatic heterocycles. The molecule has 1 fully saturated rings. The summed E-state index contributed by atoms with van der Waals surface area (Å²) >= 11 is 0. The van der Waals surface area contributed by atoms with Gasteiger partial charge in [-0.3, -0.25) is 0 Å². The number of nitrogens with one attached hydrogen (secondary N) is 1. The second kappa shape index (κ2) is 6.55. The number of nitrogens with two attached hydrogens (primary N) is 1. The van der Waals surface area contributed by atoms with Gasteiger partial charge in [-0.2, -0.15) is 0 Å². The maximum Gasteiger partial charge on any atom is 0.145 e. The van der Waals surface area contributed by atoms with E-state index in [4.69, 9.17) is 5.73 Å². The molecule has 3 nitrogen and oxygen atoms in total. The average molecular weight is 239 g/mol. The monoisotopic (exact) mass is 239 g/mol. The smallest absolute Gasteiger partial charge is 0.145 e. The normalized spacial score (nSPS) is 16.2. The molecule has 0 aromatic carbocycles. The van der Waals surface area contributed by atoms with Crippen LogP contribution in [0.1, 0.15) is 43.7 Å². The van der Waals surface area contributed by atoms with E-state index in [9.17, 15) is 4.39 Å². The maximum atomic E-state index is 13.7. The molecule has 0 amide bonds. The number of hydrogen-bond acceptors (Lipinski definition) is 3. The first-order chi connectivity index (χ1) is 8.20. The van der Waals surface area contributed by atoms with Gasteiger partial charge >= 0.3 is 0 Å². The fraction of sp³-hybridized carbons (Fsp3) is 0.615. The molecular weight excluding hydrogens is 217 g/mol. The zero-order chi connectivity index (χ0) is 12.8. The number of hydrogen-bond donors (Lipinski definition) is 2. The van der Waals surface area contributed by atoms with Gasteiger partial charge in [0, 0.05) is 0 Å². The van der Waals surface area contributed by atoms with E-state index < -0.39 is 0 Å². The highest BCUT2D eigenvalue weighted by Gasteiger charge is 2.21. The van der Waals surface area contributed by atoms with E-state index in [-0.39, 0.29) is 11.7 Å². The summed E-state index contributed by atoms with van der Waals surface area (Å²) in [5.74, 6) is 0.523. The molecule has 0 aliphatic carbocycles. The Bertz CT molecular complexity index is 360. The van der Waals surface area contributed by atoms with Gasteiger partial charge in [-0.1, -0.05) is 13.8 Å².